The molecule has 0 fully saturated rings. The van der Waals surface area contributed by atoms with Crippen LogP contribution in [-0.4, -0.2) is 32.5 Å². The summed E-state index contributed by atoms with van der Waals surface area (Å²) in [6.07, 6.45) is 0.879. The van der Waals surface area contributed by atoms with Crippen molar-refractivity contribution in [3.8, 4) is 0 Å². The minimum absolute atomic E-state index is 0.0492. The summed E-state index contributed by atoms with van der Waals surface area (Å²) in [6.45, 7) is 6.52. The summed E-state index contributed by atoms with van der Waals surface area (Å²) in [4.78, 5) is 18.6. The molecule has 1 aromatic heterocycles. The van der Waals surface area contributed by atoms with E-state index in [0.717, 1.165) is 16.5 Å². The second-order valence-electron chi connectivity index (χ2n) is 4.94. The van der Waals surface area contributed by atoms with Crippen LogP contribution < -0.4 is 0 Å². The molecule has 1 heterocycles. The number of hydrogen-bond donors (Lipinski definition) is 1. The standard InChI is InChI=1S/C15H19BrN4O/c1-4-9-20(15(21)14-17-11(3)18-19-14)10(2)12-7-5-6-8-13(12)16/h5-8,10H,4,9H2,1-3H3,(H,17,18,19). The molecule has 0 spiro atoms. The third-order valence-electron chi connectivity index (χ3n) is 3.34. The fourth-order valence-corrected chi connectivity index (χ4v) is 2.88. The molecule has 1 aromatic carbocycles. The molecule has 0 aliphatic rings. The zero-order chi connectivity index (χ0) is 15.4. The summed E-state index contributed by atoms with van der Waals surface area (Å²) < 4.78 is 0.998. The quantitative estimate of drug-likeness (QED) is 0.897. The summed E-state index contributed by atoms with van der Waals surface area (Å²) >= 11 is 3.55. The monoisotopic (exact) mass is 350 g/mol. The Morgan fingerprint density at radius 2 is 2.14 bits per heavy atom. The molecule has 2 aromatic rings. The number of amides is 1. The lowest BCUT2D eigenvalue weighted by atomic mass is 10.1. The third kappa shape index (κ3) is 3.50. The van der Waals surface area contributed by atoms with Gasteiger partial charge in [0.25, 0.3) is 5.91 Å². The average Bonchev–Trinajstić information content (AvgIpc) is 2.90. The van der Waals surface area contributed by atoms with Crippen LogP contribution in [0.5, 0.6) is 0 Å². The van der Waals surface area contributed by atoms with Crippen LogP contribution >= 0.6 is 15.9 Å². The zero-order valence-electron chi connectivity index (χ0n) is 12.4. The van der Waals surface area contributed by atoms with Gasteiger partial charge >= 0.3 is 0 Å². The first-order valence-corrected chi connectivity index (χ1v) is 7.78. The summed E-state index contributed by atoms with van der Waals surface area (Å²) in [5.74, 6) is 0.715. The molecule has 0 saturated carbocycles. The topological polar surface area (TPSA) is 61.9 Å². The van der Waals surface area contributed by atoms with Crippen molar-refractivity contribution < 1.29 is 4.79 Å². The Hall–Kier alpha value is -1.69. The fraction of sp³-hybridized carbons (Fsp3) is 0.400. The normalized spacial score (nSPS) is 12.2. The van der Waals surface area contributed by atoms with Crippen molar-refractivity contribution in [3.05, 3.63) is 46.0 Å². The van der Waals surface area contributed by atoms with Gasteiger partial charge < -0.3 is 4.90 Å². The Kier molecular flexibility index (Phi) is 5.12. The number of nitrogens with zero attached hydrogens (tertiary/aromatic N) is 3. The van der Waals surface area contributed by atoms with E-state index in [9.17, 15) is 4.79 Å². The van der Waals surface area contributed by atoms with Gasteiger partial charge in [-0.25, -0.2) is 4.98 Å². The van der Waals surface area contributed by atoms with Gasteiger partial charge in [-0.1, -0.05) is 41.1 Å². The second kappa shape index (κ2) is 6.85. The molecule has 0 bridgehead atoms. The Balaban J connectivity index is 2.30. The van der Waals surface area contributed by atoms with Crippen LogP contribution in [0.15, 0.2) is 28.7 Å². The maximum Gasteiger partial charge on any atom is 0.294 e. The van der Waals surface area contributed by atoms with E-state index in [0.29, 0.717) is 12.4 Å². The molecule has 112 valence electrons. The molecule has 0 saturated heterocycles. The van der Waals surface area contributed by atoms with Crippen molar-refractivity contribution in [1.82, 2.24) is 20.1 Å². The van der Waals surface area contributed by atoms with E-state index in [1.165, 1.54) is 0 Å². The number of carbonyl (C=O) groups excluding carboxylic acids is 1. The van der Waals surface area contributed by atoms with E-state index in [2.05, 4.69) is 38.0 Å². The highest BCUT2D eigenvalue weighted by Crippen LogP contribution is 2.28. The lowest BCUT2D eigenvalue weighted by Gasteiger charge is -2.29. The Labute approximate surface area is 132 Å². The lowest BCUT2D eigenvalue weighted by Crippen LogP contribution is -2.35. The van der Waals surface area contributed by atoms with Gasteiger partial charge in [-0.3, -0.25) is 9.89 Å². The number of carbonyl (C=O) groups is 1. The van der Waals surface area contributed by atoms with Gasteiger partial charge in [0.15, 0.2) is 0 Å². The Morgan fingerprint density at radius 3 is 2.71 bits per heavy atom. The number of halogens is 1. The van der Waals surface area contributed by atoms with E-state index in [1.807, 2.05) is 36.1 Å². The zero-order valence-corrected chi connectivity index (χ0v) is 14.0. The van der Waals surface area contributed by atoms with Crippen LogP contribution in [0.25, 0.3) is 0 Å². The van der Waals surface area contributed by atoms with Crippen LogP contribution in [0.3, 0.4) is 0 Å². The van der Waals surface area contributed by atoms with Crippen molar-refractivity contribution in [2.45, 2.75) is 33.2 Å². The van der Waals surface area contributed by atoms with Crippen LogP contribution in [0.1, 0.15) is 48.3 Å². The van der Waals surface area contributed by atoms with E-state index >= 15 is 0 Å². The van der Waals surface area contributed by atoms with Crippen LogP contribution in [-0.2, 0) is 0 Å². The van der Waals surface area contributed by atoms with E-state index in [-0.39, 0.29) is 17.8 Å². The molecular formula is C15H19BrN4O. The van der Waals surface area contributed by atoms with E-state index in [1.54, 1.807) is 6.92 Å². The smallest absolute Gasteiger partial charge is 0.294 e. The van der Waals surface area contributed by atoms with Gasteiger partial charge in [0.1, 0.15) is 5.82 Å². The van der Waals surface area contributed by atoms with Gasteiger partial charge in [0.2, 0.25) is 5.82 Å². The first-order valence-electron chi connectivity index (χ1n) is 6.99. The highest BCUT2D eigenvalue weighted by molar-refractivity contribution is 9.10. The minimum Gasteiger partial charge on any atom is -0.329 e. The highest BCUT2D eigenvalue weighted by Gasteiger charge is 2.25. The first-order chi connectivity index (χ1) is 10.0. The van der Waals surface area contributed by atoms with Gasteiger partial charge in [-0.15, -0.1) is 5.10 Å². The lowest BCUT2D eigenvalue weighted by molar-refractivity contribution is 0.0678. The van der Waals surface area contributed by atoms with Crippen LogP contribution in [0.4, 0.5) is 0 Å². The van der Waals surface area contributed by atoms with Crippen molar-refractivity contribution >= 4 is 21.8 Å². The Morgan fingerprint density at radius 1 is 1.43 bits per heavy atom. The molecule has 0 radical (unpaired) electrons. The molecule has 1 unspecified atom stereocenters. The molecule has 1 N–H and O–H groups in total. The highest BCUT2D eigenvalue weighted by atomic mass is 79.9. The third-order valence-corrected chi connectivity index (χ3v) is 4.06. The molecule has 5 nitrogen and oxygen atoms in total. The first kappa shape index (κ1) is 15.7. The summed E-state index contributed by atoms with van der Waals surface area (Å²) in [5.41, 5.74) is 1.08. The number of aromatic amines is 1. The summed E-state index contributed by atoms with van der Waals surface area (Å²) in [6, 6.07) is 7.89. The summed E-state index contributed by atoms with van der Waals surface area (Å²) in [5, 5.41) is 6.70. The number of H-pyrrole nitrogens is 1. The van der Waals surface area contributed by atoms with Gasteiger partial charge in [0, 0.05) is 11.0 Å². The SMILES string of the molecule is CCCN(C(=O)c1n[nH]c(C)n1)C(C)c1ccccc1Br. The number of aryl methyl sites for hydroxylation is 1. The average molecular weight is 351 g/mol. The van der Waals surface area contributed by atoms with Crippen LogP contribution in [0.2, 0.25) is 0 Å². The number of rotatable bonds is 5. The number of nitrogens with one attached hydrogen (secondary N) is 1. The molecule has 1 amide bonds. The van der Waals surface area contributed by atoms with Crippen LogP contribution in [0, 0.1) is 6.92 Å². The maximum absolute atomic E-state index is 12.6. The van der Waals surface area contributed by atoms with Crippen molar-refractivity contribution in [2.75, 3.05) is 6.54 Å². The van der Waals surface area contributed by atoms with Crippen molar-refractivity contribution in [1.29, 1.82) is 0 Å². The van der Waals surface area contributed by atoms with Crippen molar-refractivity contribution in [2.24, 2.45) is 0 Å². The van der Waals surface area contributed by atoms with Gasteiger partial charge in [-0.2, -0.15) is 0 Å². The minimum atomic E-state index is -0.149. The number of benzene rings is 1. The second-order valence-corrected chi connectivity index (χ2v) is 5.79. The Bertz CT molecular complexity index is 626. The van der Waals surface area contributed by atoms with Gasteiger partial charge in [0.05, 0.1) is 6.04 Å². The van der Waals surface area contributed by atoms with E-state index < -0.39 is 0 Å². The van der Waals surface area contributed by atoms with E-state index in [4.69, 9.17) is 0 Å². The number of aromatic nitrogens is 3. The molecular weight excluding hydrogens is 332 g/mol. The summed E-state index contributed by atoms with van der Waals surface area (Å²) in [7, 11) is 0. The molecule has 6 heteroatoms. The largest absolute Gasteiger partial charge is 0.329 e. The predicted molar refractivity (Wildman–Crippen MR) is 85.0 cm³/mol. The molecule has 1 atom stereocenters. The van der Waals surface area contributed by atoms with Crippen molar-refractivity contribution in [3.63, 3.8) is 0 Å². The molecule has 0 aliphatic carbocycles. The molecule has 0 aliphatic heterocycles. The number of hydrogen-bond acceptors (Lipinski definition) is 3. The molecule has 2 rings (SSSR count). The molecule has 21 heavy (non-hydrogen) atoms. The fourth-order valence-electron chi connectivity index (χ4n) is 2.26. The maximum atomic E-state index is 12.6. The predicted octanol–water partition coefficient (Wildman–Crippen LogP) is 3.49. The van der Waals surface area contributed by atoms with Gasteiger partial charge in [-0.05, 0) is 31.9 Å².